The maximum Gasteiger partial charge on any atom is 0.129 e. The van der Waals surface area contributed by atoms with Gasteiger partial charge in [0.1, 0.15) is 11.6 Å². The molecule has 0 aromatic heterocycles. The fourth-order valence-corrected chi connectivity index (χ4v) is 1.65. The van der Waals surface area contributed by atoms with Gasteiger partial charge in [0, 0.05) is 5.56 Å². The molecule has 1 atom stereocenters. The average molecular weight is 227 g/mol. The van der Waals surface area contributed by atoms with Crippen LogP contribution in [0.3, 0.4) is 0 Å². The number of halogens is 2. The van der Waals surface area contributed by atoms with E-state index in [1.54, 1.807) is 0 Å². The van der Waals surface area contributed by atoms with Gasteiger partial charge in [0.15, 0.2) is 0 Å². The van der Waals surface area contributed by atoms with Gasteiger partial charge in [-0.05, 0) is 44.0 Å². The van der Waals surface area contributed by atoms with E-state index < -0.39 is 11.6 Å². The van der Waals surface area contributed by atoms with E-state index in [0.717, 1.165) is 19.5 Å². The van der Waals surface area contributed by atoms with Crippen LogP contribution in [0.4, 0.5) is 8.78 Å². The van der Waals surface area contributed by atoms with Crippen molar-refractivity contribution in [1.29, 1.82) is 0 Å². The summed E-state index contributed by atoms with van der Waals surface area (Å²) < 4.78 is 26.6. The Morgan fingerprint density at radius 2 is 1.88 bits per heavy atom. The Morgan fingerprint density at radius 3 is 2.44 bits per heavy atom. The van der Waals surface area contributed by atoms with Crippen molar-refractivity contribution >= 4 is 0 Å². The van der Waals surface area contributed by atoms with Crippen molar-refractivity contribution in [3.63, 3.8) is 0 Å². The van der Waals surface area contributed by atoms with Crippen molar-refractivity contribution in [2.75, 3.05) is 13.1 Å². The first-order chi connectivity index (χ1) is 7.65. The Morgan fingerprint density at radius 1 is 1.25 bits per heavy atom. The molecule has 0 spiro atoms. The summed E-state index contributed by atoms with van der Waals surface area (Å²) in [7, 11) is 0. The van der Waals surface area contributed by atoms with Gasteiger partial charge in [0.25, 0.3) is 0 Å². The number of hydrogen-bond acceptors (Lipinski definition) is 1. The monoisotopic (exact) mass is 227 g/mol. The van der Waals surface area contributed by atoms with E-state index >= 15 is 0 Å². The van der Waals surface area contributed by atoms with Gasteiger partial charge < -0.3 is 5.32 Å². The quantitative estimate of drug-likeness (QED) is 0.787. The van der Waals surface area contributed by atoms with E-state index in [9.17, 15) is 8.78 Å². The normalized spacial score (nSPS) is 12.8. The predicted molar refractivity (Wildman–Crippen MR) is 62.4 cm³/mol. The second-order valence-corrected chi connectivity index (χ2v) is 4.15. The van der Waals surface area contributed by atoms with Gasteiger partial charge in [-0.1, -0.05) is 19.9 Å². The van der Waals surface area contributed by atoms with Crippen LogP contribution in [-0.4, -0.2) is 13.1 Å². The largest absolute Gasteiger partial charge is 0.317 e. The highest BCUT2D eigenvalue weighted by Gasteiger charge is 2.09. The van der Waals surface area contributed by atoms with E-state index in [1.165, 1.54) is 18.2 Å². The van der Waals surface area contributed by atoms with Gasteiger partial charge >= 0.3 is 0 Å². The molecule has 1 unspecified atom stereocenters. The van der Waals surface area contributed by atoms with Crippen LogP contribution < -0.4 is 5.32 Å². The molecule has 3 heteroatoms. The van der Waals surface area contributed by atoms with Gasteiger partial charge in [-0.3, -0.25) is 0 Å². The Balaban J connectivity index is 2.48. The highest BCUT2D eigenvalue weighted by molar-refractivity contribution is 5.19. The molecule has 0 aliphatic carbocycles. The third-order valence-corrected chi connectivity index (χ3v) is 2.69. The lowest BCUT2D eigenvalue weighted by atomic mass is 10.0. The van der Waals surface area contributed by atoms with Gasteiger partial charge in [0.05, 0.1) is 0 Å². The fraction of sp³-hybridized carbons (Fsp3) is 0.538. The van der Waals surface area contributed by atoms with Crippen LogP contribution in [0.2, 0.25) is 0 Å². The third-order valence-electron chi connectivity index (χ3n) is 2.69. The molecular weight excluding hydrogens is 208 g/mol. The first-order valence-electron chi connectivity index (χ1n) is 5.78. The molecule has 0 saturated heterocycles. The van der Waals surface area contributed by atoms with Crippen LogP contribution in [0.15, 0.2) is 18.2 Å². The van der Waals surface area contributed by atoms with Crippen molar-refractivity contribution < 1.29 is 8.78 Å². The lowest BCUT2D eigenvalue weighted by Gasteiger charge is -2.12. The Hall–Kier alpha value is -0.960. The standard InChI is InChI=1S/C13H19F2N/c1-3-16-9-10(2)7-8-11-12(14)5-4-6-13(11)15/h4-6,10,16H,3,7-9H2,1-2H3. The van der Waals surface area contributed by atoms with Crippen LogP contribution in [0.5, 0.6) is 0 Å². The zero-order valence-electron chi connectivity index (χ0n) is 9.89. The highest BCUT2D eigenvalue weighted by atomic mass is 19.1. The lowest BCUT2D eigenvalue weighted by Crippen LogP contribution is -2.21. The van der Waals surface area contributed by atoms with E-state index in [-0.39, 0.29) is 5.56 Å². The first kappa shape index (κ1) is 13.1. The van der Waals surface area contributed by atoms with Crippen molar-refractivity contribution in [3.05, 3.63) is 35.4 Å². The van der Waals surface area contributed by atoms with Crippen LogP contribution in [0.1, 0.15) is 25.8 Å². The molecule has 0 heterocycles. The topological polar surface area (TPSA) is 12.0 Å². The Labute approximate surface area is 95.9 Å². The minimum Gasteiger partial charge on any atom is -0.317 e. The maximum absolute atomic E-state index is 13.3. The summed E-state index contributed by atoms with van der Waals surface area (Å²) in [5.74, 6) is -0.440. The molecule has 0 bridgehead atoms. The molecule has 0 aliphatic heterocycles. The van der Waals surface area contributed by atoms with Crippen molar-refractivity contribution in [1.82, 2.24) is 5.32 Å². The molecule has 1 rings (SSSR count). The minimum absolute atomic E-state index is 0.214. The molecular formula is C13H19F2N. The smallest absolute Gasteiger partial charge is 0.129 e. The summed E-state index contributed by atoms with van der Waals surface area (Å²) in [5.41, 5.74) is 0.214. The molecule has 1 nitrogen and oxygen atoms in total. The van der Waals surface area contributed by atoms with E-state index in [1.807, 2.05) is 6.92 Å². The highest BCUT2D eigenvalue weighted by Crippen LogP contribution is 2.16. The van der Waals surface area contributed by atoms with Crippen LogP contribution in [-0.2, 0) is 6.42 Å². The average Bonchev–Trinajstić information content (AvgIpc) is 2.25. The lowest BCUT2D eigenvalue weighted by molar-refractivity contribution is 0.472. The van der Waals surface area contributed by atoms with Crippen molar-refractivity contribution in [2.24, 2.45) is 5.92 Å². The van der Waals surface area contributed by atoms with E-state index in [0.29, 0.717) is 12.3 Å². The molecule has 0 amide bonds. The van der Waals surface area contributed by atoms with E-state index in [4.69, 9.17) is 0 Å². The summed E-state index contributed by atoms with van der Waals surface area (Å²) in [5, 5.41) is 3.23. The Kier molecular flexibility index (Phi) is 5.39. The summed E-state index contributed by atoms with van der Waals surface area (Å²) >= 11 is 0. The number of nitrogens with one attached hydrogen (secondary N) is 1. The molecule has 0 radical (unpaired) electrons. The van der Waals surface area contributed by atoms with E-state index in [2.05, 4.69) is 12.2 Å². The summed E-state index contributed by atoms with van der Waals surface area (Å²) in [6, 6.07) is 4.02. The molecule has 1 N–H and O–H groups in total. The summed E-state index contributed by atoms with van der Waals surface area (Å²) in [6.45, 7) is 5.95. The zero-order valence-corrected chi connectivity index (χ0v) is 9.89. The van der Waals surface area contributed by atoms with Gasteiger partial charge in [-0.2, -0.15) is 0 Å². The summed E-state index contributed by atoms with van der Waals surface area (Å²) in [4.78, 5) is 0. The first-order valence-corrected chi connectivity index (χ1v) is 5.78. The predicted octanol–water partition coefficient (Wildman–Crippen LogP) is 3.14. The number of hydrogen-bond donors (Lipinski definition) is 1. The van der Waals surface area contributed by atoms with Crippen molar-refractivity contribution in [2.45, 2.75) is 26.7 Å². The third kappa shape index (κ3) is 3.89. The molecule has 16 heavy (non-hydrogen) atoms. The number of benzene rings is 1. The molecule has 1 aromatic carbocycles. The molecule has 90 valence electrons. The zero-order chi connectivity index (χ0) is 12.0. The second-order valence-electron chi connectivity index (χ2n) is 4.15. The molecule has 0 fully saturated rings. The SMILES string of the molecule is CCNCC(C)CCc1c(F)cccc1F. The van der Waals surface area contributed by atoms with Crippen molar-refractivity contribution in [3.8, 4) is 0 Å². The molecule has 0 saturated carbocycles. The molecule has 1 aromatic rings. The van der Waals surface area contributed by atoms with Crippen LogP contribution in [0, 0.1) is 17.6 Å². The van der Waals surface area contributed by atoms with Gasteiger partial charge in [-0.25, -0.2) is 8.78 Å². The number of rotatable bonds is 6. The Bertz CT molecular complexity index is 305. The van der Waals surface area contributed by atoms with Gasteiger partial charge in [0.2, 0.25) is 0 Å². The van der Waals surface area contributed by atoms with Gasteiger partial charge in [-0.15, -0.1) is 0 Å². The maximum atomic E-state index is 13.3. The fourth-order valence-electron chi connectivity index (χ4n) is 1.65. The molecule has 0 aliphatic rings. The minimum atomic E-state index is -0.435. The van der Waals surface area contributed by atoms with Crippen LogP contribution >= 0.6 is 0 Å². The second kappa shape index (κ2) is 6.59. The summed E-state index contributed by atoms with van der Waals surface area (Å²) in [6.07, 6.45) is 1.26. The van der Waals surface area contributed by atoms with Crippen LogP contribution in [0.25, 0.3) is 0 Å².